The van der Waals surface area contributed by atoms with E-state index < -0.39 is 10.0 Å². The minimum atomic E-state index is -3.57. The van der Waals surface area contributed by atoms with Crippen LogP contribution in [0, 0.1) is 0 Å². The first kappa shape index (κ1) is 22.6. The topological polar surface area (TPSA) is 87.3 Å². The number of benzene rings is 1. The maximum atomic E-state index is 12.3. The zero-order chi connectivity index (χ0) is 18.1. The smallest absolute Gasteiger partial charge is 0.251 e. The quantitative estimate of drug-likeness (QED) is 0.516. The molecule has 0 aliphatic rings. The third-order valence-electron chi connectivity index (χ3n) is 3.51. The van der Waals surface area contributed by atoms with Crippen LogP contribution < -0.4 is 15.4 Å². The number of likely N-dealkylation sites (N-methyl/N-ethyl adjacent to an activating group) is 1. The lowest BCUT2D eigenvalue weighted by Crippen LogP contribution is -2.31. The summed E-state index contributed by atoms with van der Waals surface area (Å²) in [5, 5.41) is 7.85. The van der Waals surface area contributed by atoms with Crippen molar-refractivity contribution in [3.8, 4) is 0 Å². The zero-order valence-corrected chi connectivity index (χ0v) is 17.0. The summed E-state index contributed by atoms with van der Waals surface area (Å²) in [7, 11) is -3.57. The minimum Gasteiger partial charge on any atom is -0.351 e. The number of rotatable bonds is 10. The van der Waals surface area contributed by atoms with Gasteiger partial charge in [-0.15, -0.1) is 23.7 Å². The van der Waals surface area contributed by atoms with E-state index in [0.717, 1.165) is 11.4 Å². The van der Waals surface area contributed by atoms with Crippen LogP contribution in [0.2, 0.25) is 0 Å². The number of hydrogen-bond acceptors (Lipinski definition) is 5. The number of hydrogen-bond donors (Lipinski definition) is 3. The number of carbonyl (C=O) groups excluding carboxylic acids is 1. The number of carbonyl (C=O) groups is 1. The fraction of sp³-hybridized carbons (Fsp3) is 0.353. The second-order valence-electron chi connectivity index (χ2n) is 5.36. The molecule has 1 aromatic carbocycles. The second kappa shape index (κ2) is 11.3. The molecule has 1 amide bonds. The normalized spacial score (nSPS) is 11.0. The van der Waals surface area contributed by atoms with Gasteiger partial charge in [-0.05, 0) is 48.7 Å². The summed E-state index contributed by atoms with van der Waals surface area (Å²) in [6, 6.07) is 9.87. The molecule has 9 heteroatoms. The highest BCUT2D eigenvalue weighted by Gasteiger charge is 2.14. The second-order valence-corrected chi connectivity index (χ2v) is 8.16. The van der Waals surface area contributed by atoms with Crippen molar-refractivity contribution in [1.29, 1.82) is 0 Å². The molecule has 0 fully saturated rings. The fourth-order valence-corrected chi connectivity index (χ4v) is 3.92. The van der Waals surface area contributed by atoms with Crippen molar-refractivity contribution in [3.05, 3.63) is 52.2 Å². The predicted octanol–water partition coefficient (Wildman–Crippen LogP) is 2.03. The molecule has 0 saturated carbocycles. The van der Waals surface area contributed by atoms with Crippen LogP contribution >= 0.6 is 23.7 Å². The molecular weight excluding hydrogens is 394 g/mol. The molecule has 6 nitrogen and oxygen atoms in total. The molecule has 26 heavy (non-hydrogen) atoms. The van der Waals surface area contributed by atoms with Crippen LogP contribution in [0.5, 0.6) is 0 Å². The van der Waals surface area contributed by atoms with Gasteiger partial charge in [0.2, 0.25) is 10.0 Å². The number of sulfonamides is 1. The number of halogens is 1. The van der Waals surface area contributed by atoms with Crippen LogP contribution in [0.3, 0.4) is 0 Å². The molecule has 144 valence electrons. The Kier molecular flexibility index (Phi) is 9.82. The van der Waals surface area contributed by atoms with Gasteiger partial charge in [0.25, 0.3) is 5.91 Å². The molecule has 0 atom stereocenters. The third kappa shape index (κ3) is 7.05. The molecule has 1 aromatic heterocycles. The van der Waals surface area contributed by atoms with Gasteiger partial charge < -0.3 is 10.6 Å². The lowest BCUT2D eigenvalue weighted by molar-refractivity contribution is 0.0954. The number of amides is 1. The zero-order valence-electron chi connectivity index (χ0n) is 14.5. The molecule has 0 spiro atoms. The maximum absolute atomic E-state index is 12.3. The standard InChI is InChI=1S/C17H23N3O3S2.ClH/c1-2-18-11-12-19-17(21)14-5-7-16(8-6-14)25(22,23)20-10-9-15-4-3-13-24-15;/h3-8,13,18,20H,2,9-12H2,1H3,(H,19,21);1H. The van der Waals surface area contributed by atoms with E-state index in [1.165, 1.54) is 24.3 Å². The monoisotopic (exact) mass is 417 g/mol. The molecule has 0 saturated heterocycles. The molecule has 2 rings (SSSR count). The van der Waals surface area contributed by atoms with E-state index in [2.05, 4.69) is 15.4 Å². The molecule has 2 aromatic rings. The van der Waals surface area contributed by atoms with Crippen molar-refractivity contribution in [2.24, 2.45) is 0 Å². The SMILES string of the molecule is CCNCCNC(=O)c1ccc(S(=O)(=O)NCCc2cccs2)cc1.Cl. The maximum Gasteiger partial charge on any atom is 0.251 e. The van der Waals surface area contributed by atoms with Crippen LogP contribution in [-0.2, 0) is 16.4 Å². The Labute approximate surface area is 164 Å². The third-order valence-corrected chi connectivity index (χ3v) is 5.92. The van der Waals surface area contributed by atoms with E-state index in [1.54, 1.807) is 11.3 Å². The average Bonchev–Trinajstić information content (AvgIpc) is 3.12. The van der Waals surface area contributed by atoms with Crippen LogP contribution in [-0.4, -0.2) is 40.5 Å². The summed E-state index contributed by atoms with van der Waals surface area (Å²) in [5.41, 5.74) is 0.439. The Morgan fingerprint density at radius 1 is 1.08 bits per heavy atom. The van der Waals surface area contributed by atoms with Crippen molar-refractivity contribution >= 4 is 39.7 Å². The van der Waals surface area contributed by atoms with E-state index in [9.17, 15) is 13.2 Å². The van der Waals surface area contributed by atoms with E-state index >= 15 is 0 Å². The number of thiophene rings is 1. The van der Waals surface area contributed by atoms with Gasteiger partial charge in [-0.1, -0.05) is 13.0 Å². The van der Waals surface area contributed by atoms with Crippen LogP contribution in [0.15, 0.2) is 46.7 Å². The van der Waals surface area contributed by atoms with E-state index in [4.69, 9.17) is 0 Å². The minimum absolute atomic E-state index is 0. The van der Waals surface area contributed by atoms with Crippen molar-refractivity contribution in [2.45, 2.75) is 18.2 Å². The van der Waals surface area contributed by atoms with Gasteiger partial charge >= 0.3 is 0 Å². The highest BCUT2D eigenvalue weighted by molar-refractivity contribution is 7.89. The van der Waals surface area contributed by atoms with Crippen molar-refractivity contribution < 1.29 is 13.2 Å². The van der Waals surface area contributed by atoms with Crippen LogP contribution in [0.4, 0.5) is 0 Å². The molecule has 0 bridgehead atoms. The summed E-state index contributed by atoms with van der Waals surface area (Å²) in [6.45, 7) is 4.41. The average molecular weight is 418 g/mol. The van der Waals surface area contributed by atoms with Crippen molar-refractivity contribution in [2.75, 3.05) is 26.2 Å². The van der Waals surface area contributed by atoms with Crippen molar-refractivity contribution in [1.82, 2.24) is 15.4 Å². The van der Waals surface area contributed by atoms with Gasteiger partial charge in [0.15, 0.2) is 0 Å². The largest absolute Gasteiger partial charge is 0.351 e. The van der Waals surface area contributed by atoms with Gasteiger partial charge in [-0.2, -0.15) is 0 Å². The highest BCUT2D eigenvalue weighted by atomic mass is 35.5. The van der Waals surface area contributed by atoms with E-state index in [1.807, 2.05) is 24.4 Å². The molecule has 0 unspecified atom stereocenters. The van der Waals surface area contributed by atoms with Gasteiger partial charge in [0, 0.05) is 30.1 Å². The van der Waals surface area contributed by atoms with Gasteiger partial charge in [0.1, 0.15) is 0 Å². The lowest BCUT2D eigenvalue weighted by Gasteiger charge is -2.08. The van der Waals surface area contributed by atoms with Crippen molar-refractivity contribution in [3.63, 3.8) is 0 Å². The van der Waals surface area contributed by atoms with Gasteiger partial charge in [-0.25, -0.2) is 13.1 Å². The summed E-state index contributed by atoms with van der Waals surface area (Å²) < 4.78 is 27.1. The summed E-state index contributed by atoms with van der Waals surface area (Å²) in [4.78, 5) is 13.3. The Morgan fingerprint density at radius 2 is 1.81 bits per heavy atom. The first-order chi connectivity index (χ1) is 12.0. The van der Waals surface area contributed by atoms with E-state index in [0.29, 0.717) is 31.6 Å². The van der Waals surface area contributed by atoms with Crippen LogP contribution in [0.25, 0.3) is 0 Å². The molecule has 0 aliphatic heterocycles. The van der Waals surface area contributed by atoms with Gasteiger partial charge in [-0.3, -0.25) is 4.79 Å². The van der Waals surface area contributed by atoms with Gasteiger partial charge in [0.05, 0.1) is 4.90 Å². The number of nitrogens with one attached hydrogen (secondary N) is 3. The summed E-state index contributed by atoms with van der Waals surface area (Å²) in [5.74, 6) is -0.215. The lowest BCUT2D eigenvalue weighted by atomic mass is 10.2. The van der Waals surface area contributed by atoms with E-state index in [-0.39, 0.29) is 23.2 Å². The van der Waals surface area contributed by atoms with Crippen LogP contribution in [0.1, 0.15) is 22.2 Å². The molecule has 0 radical (unpaired) electrons. The first-order valence-electron chi connectivity index (χ1n) is 8.14. The Balaban J connectivity index is 0.00000338. The predicted molar refractivity (Wildman–Crippen MR) is 108 cm³/mol. The molecule has 3 N–H and O–H groups in total. The summed E-state index contributed by atoms with van der Waals surface area (Å²) >= 11 is 1.60. The summed E-state index contributed by atoms with van der Waals surface area (Å²) in [6.07, 6.45) is 0.656. The fourth-order valence-electron chi connectivity index (χ4n) is 2.18. The molecular formula is C17H24ClN3O3S2. The molecule has 0 aliphatic carbocycles. The highest BCUT2D eigenvalue weighted by Crippen LogP contribution is 2.12. The Morgan fingerprint density at radius 3 is 2.42 bits per heavy atom. The first-order valence-corrected chi connectivity index (χ1v) is 10.5. The Hall–Kier alpha value is -1.45. The Bertz CT molecular complexity index is 763. The molecule has 1 heterocycles.